The van der Waals surface area contributed by atoms with E-state index in [1.165, 1.54) is 10.9 Å². The van der Waals surface area contributed by atoms with E-state index < -0.39 is 0 Å². The van der Waals surface area contributed by atoms with Crippen molar-refractivity contribution < 1.29 is 4.74 Å². The summed E-state index contributed by atoms with van der Waals surface area (Å²) in [7, 11) is 1.78. The summed E-state index contributed by atoms with van der Waals surface area (Å²) in [6.45, 7) is 5.20. The Morgan fingerprint density at radius 1 is 1.21 bits per heavy atom. The number of aromatic nitrogens is 1. The zero-order valence-corrected chi connectivity index (χ0v) is 11.9. The van der Waals surface area contributed by atoms with E-state index in [1.54, 1.807) is 7.11 Å². The Kier molecular flexibility index (Phi) is 4.88. The Morgan fingerprint density at radius 2 is 2.05 bits per heavy atom. The minimum atomic E-state index is 0.172. The topological polar surface area (TPSA) is 34.2 Å². The van der Waals surface area contributed by atoms with Crippen LogP contribution in [-0.4, -0.2) is 24.7 Å². The molecule has 0 aliphatic carbocycles. The summed E-state index contributed by atoms with van der Waals surface area (Å²) >= 11 is 0. The Morgan fingerprint density at radius 3 is 2.74 bits per heavy atom. The van der Waals surface area contributed by atoms with Gasteiger partial charge >= 0.3 is 0 Å². The third kappa shape index (κ3) is 2.94. The number of benzene rings is 1. The molecule has 2 unspecified atom stereocenters. The van der Waals surface area contributed by atoms with Gasteiger partial charge in [0, 0.05) is 18.7 Å². The van der Waals surface area contributed by atoms with Crippen LogP contribution in [0.15, 0.2) is 36.5 Å². The van der Waals surface area contributed by atoms with Gasteiger partial charge in [-0.3, -0.25) is 4.98 Å². The molecule has 0 saturated heterocycles. The molecule has 1 aromatic carbocycles. The van der Waals surface area contributed by atoms with Crippen molar-refractivity contribution in [3.8, 4) is 0 Å². The number of fused-ring (bicyclic) bond motifs is 1. The van der Waals surface area contributed by atoms with Gasteiger partial charge in [-0.05, 0) is 30.7 Å². The molecule has 1 heterocycles. The van der Waals surface area contributed by atoms with E-state index in [2.05, 4.69) is 48.4 Å². The van der Waals surface area contributed by atoms with E-state index in [0.29, 0.717) is 0 Å². The molecule has 2 aromatic rings. The Balaban J connectivity index is 2.49. The van der Waals surface area contributed by atoms with Crippen molar-refractivity contribution in [2.24, 2.45) is 0 Å². The lowest BCUT2D eigenvalue weighted by atomic mass is 9.95. The van der Waals surface area contributed by atoms with Crippen LogP contribution in [0.2, 0.25) is 0 Å². The summed E-state index contributed by atoms with van der Waals surface area (Å²) in [4.78, 5) is 4.43. The van der Waals surface area contributed by atoms with E-state index in [1.807, 2.05) is 12.3 Å². The fourth-order valence-electron chi connectivity index (χ4n) is 2.60. The number of likely N-dealkylation sites (N-methyl/N-ethyl adjacent to an activating group) is 1. The average Bonchev–Trinajstić information content (AvgIpc) is 2.47. The molecule has 0 radical (unpaired) electrons. The first kappa shape index (κ1) is 14.0. The quantitative estimate of drug-likeness (QED) is 0.863. The molecule has 0 amide bonds. The number of hydrogen-bond donors (Lipinski definition) is 1. The summed E-state index contributed by atoms with van der Waals surface area (Å²) < 4.78 is 5.63. The van der Waals surface area contributed by atoms with Gasteiger partial charge in [0.15, 0.2) is 0 Å². The Bertz CT molecular complexity index is 518. The normalized spacial score (nSPS) is 14.5. The number of methoxy groups -OCH3 is 1. The van der Waals surface area contributed by atoms with Crippen molar-refractivity contribution in [3.05, 3.63) is 42.1 Å². The van der Waals surface area contributed by atoms with Crippen LogP contribution in [0.5, 0.6) is 0 Å². The second-order valence-corrected chi connectivity index (χ2v) is 4.64. The molecule has 0 saturated carbocycles. The molecule has 3 heteroatoms. The van der Waals surface area contributed by atoms with Gasteiger partial charge in [-0.1, -0.05) is 32.0 Å². The van der Waals surface area contributed by atoms with Crippen LogP contribution < -0.4 is 5.32 Å². The van der Waals surface area contributed by atoms with E-state index in [9.17, 15) is 0 Å². The minimum absolute atomic E-state index is 0.172. The highest BCUT2D eigenvalue weighted by Gasteiger charge is 2.22. The maximum absolute atomic E-state index is 5.63. The van der Waals surface area contributed by atoms with Crippen molar-refractivity contribution in [3.63, 3.8) is 0 Å². The largest absolute Gasteiger partial charge is 0.379 e. The number of pyridine rings is 1. The second-order valence-electron chi connectivity index (χ2n) is 4.64. The molecule has 0 spiro atoms. The van der Waals surface area contributed by atoms with Crippen LogP contribution in [0.3, 0.4) is 0 Å². The molecule has 3 nitrogen and oxygen atoms in total. The summed E-state index contributed by atoms with van der Waals surface area (Å²) in [6, 6.07) is 10.6. The molecule has 2 atom stereocenters. The summed E-state index contributed by atoms with van der Waals surface area (Å²) in [6.07, 6.45) is 2.98. The van der Waals surface area contributed by atoms with Crippen LogP contribution in [0.1, 0.15) is 31.9 Å². The molecule has 1 N–H and O–H groups in total. The summed E-state index contributed by atoms with van der Waals surface area (Å²) in [5.41, 5.74) is 2.30. The predicted octanol–water partition coefficient (Wildman–Crippen LogP) is 3.31. The van der Waals surface area contributed by atoms with Crippen molar-refractivity contribution in [2.45, 2.75) is 32.4 Å². The molecule has 0 aliphatic rings. The van der Waals surface area contributed by atoms with Gasteiger partial charge in [-0.25, -0.2) is 0 Å². The maximum Gasteiger partial charge on any atom is 0.0763 e. The van der Waals surface area contributed by atoms with E-state index in [-0.39, 0.29) is 12.1 Å². The first-order chi connectivity index (χ1) is 9.31. The average molecular weight is 258 g/mol. The van der Waals surface area contributed by atoms with Gasteiger partial charge in [0.1, 0.15) is 0 Å². The lowest BCUT2D eigenvalue weighted by Gasteiger charge is -2.27. The van der Waals surface area contributed by atoms with E-state index in [0.717, 1.165) is 18.5 Å². The highest BCUT2D eigenvalue weighted by molar-refractivity contribution is 5.82. The highest BCUT2D eigenvalue weighted by atomic mass is 16.5. The molecular weight excluding hydrogens is 236 g/mol. The monoisotopic (exact) mass is 258 g/mol. The van der Waals surface area contributed by atoms with Crippen LogP contribution in [0, 0.1) is 0 Å². The highest BCUT2D eigenvalue weighted by Crippen LogP contribution is 2.27. The van der Waals surface area contributed by atoms with Gasteiger partial charge in [0.05, 0.1) is 17.7 Å². The lowest BCUT2D eigenvalue weighted by molar-refractivity contribution is 0.0660. The van der Waals surface area contributed by atoms with Gasteiger partial charge in [-0.2, -0.15) is 0 Å². The fourth-order valence-corrected chi connectivity index (χ4v) is 2.60. The number of hydrogen-bond acceptors (Lipinski definition) is 3. The van der Waals surface area contributed by atoms with Crippen LogP contribution in [0.4, 0.5) is 0 Å². The van der Waals surface area contributed by atoms with E-state index >= 15 is 0 Å². The zero-order valence-electron chi connectivity index (χ0n) is 11.9. The van der Waals surface area contributed by atoms with Crippen molar-refractivity contribution in [1.82, 2.24) is 10.3 Å². The van der Waals surface area contributed by atoms with Crippen LogP contribution in [-0.2, 0) is 4.74 Å². The van der Waals surface area contributed by atoms with E-state index in [4.69, 9.17) is 4.74 Å². The minimum Gasteiger partial charge on any atom is -0.379 e. The first-order valence-electron chi connectivity index (χ1n) is 6.91. The molecule has 0 fully saturated rings. The molecule has 0 aliphatic heterocycles. The first-order valence-corrected chi connectivity index (χ1v) is 6.91. The van der Waals surface area contributed by atoms with Gasteiger partial charge in [0.2, 0.25) is 0 Å². The second kappa shape index (κ2) is 6.64. The third-order valence-electron chi connectivity index (χ3n) is 3.52. The van der Waals surface area contributed by atoms with Crippen LogP contribution >= 0.6 is 0 Å². The Labute approximate surface area is 115 Å². The van der Waals surface area contributed by atoms with Crippen molar-refractivity contribution in [2.75, 3.05) is 13.7 Å². The molecule has 1 aromatic heterocycles. The number of nitrogens with zero attached hydrogens (tertiary/aromatic N) is 1. The molecule has 2 rings (SSSR count). The SMILES string of the molecule is CCNC(c1cccc2ncccc12)C(CC)OC. The summed E-state index contributed by atoms with van der Waals surface area (Å²) in [5.74, 6) is 0. The van der Waals surface area contributed by atoms with Crippen LogP contribution in [0.25, 0.3) is 10.9 Å². The molecule has 102 valence electrons. The number of rotatable bonds is 6. The smallest absolute Gasteiger partial charge is 0.0763 e. The van der Waals surface area contributed by atoms with Gasteiger partial charge < -0.3 is 10.1 Å². The maximum atomic E-state index is 5.63. The lowest BCUT2D eigenvalue weighted by Crippen LogP contribution is -2.33. The fraction of sp³-hybridized carbons (Fsp3) is 0.438. The molecule has 0 bridgehead atoms. The Hall–Kier alpha value is -1.45. The van der Waals surface area contributed by atoms with Gasteiger partial charge in [0.25, 0.3) is 0 Å². The van der Waals surface area contributed by atoms with Gasteiger partial charge in [-0.15, -0.1) is 0 Å². The molecular formula is C16H22N2O. The van der Waals surface area contributed by atoms with Crippen molar-refractivity contribution >= 4 is 10.9 Å². The zero-order chi connectivity index (χ0) is 13.7. The summed E-state index contributed by atoms with van der Waals surface area (Å²) in [5, 5.41) is 4.74. The molecule has 19 heavy (non-hydrogen) atoms. The third-order valence-corrected chi connectivity index (χ3v) is 3.52. The van der Waals surface area contributed by atoms with Crippen molar-refractivity contribution in [1.29, 1.82) is 0 Å². The number of ether oxygens (including phenoxy) is 1. The number of nitrogens with one attached hydrogen (secondary N) is 1. The predicted molar refractivity (Wildman–Crippen MR) is 79.2 cm³/mol. The standard InChI is InChI=1S/C16H22N2O/c1-4-15(19-3)16(17-5-2)13-8-6-10-14-12(13)9-7-11-18-14/h6-11,15-17H,4-5H2,1-3H3.